The van der Waals surface area contributed by atoms with Gasteiger partial charge in [0.05, 0.1) is 5.54 Å². The van der Waals surface area contributed by atoms with Gasteiger partial charge < -0.3 is 10.6 Å². The summed E-state index contributed by atoms with van der Waals surface area (Å²) in [6.07, 6.45) is 1.10. The van der Waals surface area contributed by atoms with E-state index in [4.69, 9.17) is 0 Å². The number of hydrogen-bond donors (Lipinski definition) is 2. The van der Waals surface area contributed by atoms with Crippen LogP contribution in [0.1, 0.15) is 44.2 Å². The van der Waals surface area contributed by atoms with Crippen molar-refractivity contribution in [3.05, 3.63) is 65.7 Å². The zero-order chi connectivity index (χ0) is 20.3. The van der Waals surface area contributed by atoms with Crippen LogP contribution >= 0.6 is 0 Å². The monoisotopic (exact) mass is 378 g/mol. The highest BCUT2D eigenvalue weighted by Gasteiger charge is 2.52. The maximum absolute atomic E-state index is 12.9. The summed E-state index contributed by atoms with van der Waals surface area (Å²) < 4.78 is 0. The summed E-state index contributed by atoms with van der Waals surface area (Å²) in [5.41, 5.74) is 1.79. The van der Waals surface area contributed by atoms with Gasteiger partial charge in [-0.05, 0) is 48.9 Å². The smallest absolute Gasteiger partial charge is 0.244 e. The van der Waals surface area contributed by atoms with E-state index in [0.717, 1.165) is 11.1 Å². The lowest BCUT2D eigenvalue weighted by Gasteiger charge is -2.22. The van der Waals surface area contributed by atoms with Gasteiger partial charge in [-0.2, -0.15) is 0 Å². The standard InChI is InChI=1S/C23H26N2O3/c1-15(2)17-9-11-18(12-10-17)24-21(27)19-20(26)23(3,25-22(19)28)14-13-16-7-5-4-6-8-16/h4-12,15,19H,13-14H2,1-3H3,(H,24,27)(H,25,28). The number of rotatable bonds is 6. The molecular formula is C23H26N2O3. The van der Waals surface area contributed by atoms with Crippen molar-refractivity contribution in [3.8, 4) is 0 Å². The molecule has 2 aromatic carbocycles. The van der Waals surface area contributed by atoms with Crippen molar-refractivity contribution in [2.45, 2.75) is 45.1 Å². The van der Waals surface area contributed by atoms with E-state index in [9.17, 15) is 14.4 Å². The van der Waals surface area contributed by atoms with Crippen LogP contribution in [0.25, 0.3) is 0 Å². The minimum Gasteiger partial charge on any atom is -0.343 e. The molecule has 28 heavy (non-hydrogen) atoms. The Morgan fingerprint density at radius 3 is 2.32 bits per heavy atom. The van der Waals surface area contributed by atoms with Crippen LogP contribution in [0.15, 0.2) is 54.6 Å². The van der Waals surface area contributed by atoms with Crippen LogP contribution < -0.4 is 10.6 Å². The van der Waals surface area contributed by atoms with Crippen LogP contribution in [-0.2, 0) is 20.8 Å². The second-order valence-electron chi connectivity index (χ2n) is 7.87. The van der Waals surface area contributed by atoms with Crippen molar-refractivity contribution in [2.75, 3.05) is 5.32 Å². The third-order valence-electron chi connectivity index (χ3n) is 5.33. The highest BCUT2D eigenvalue weighted by atomic mass is 16.2. The summed E-state index contributed by atoms with van der Waals surface area (Å²) in [5.74, 6) is -2.41. The zero-order valence-electron chi connectivity index (χ0n) is 16.5. The van der Waals surface area contributed by atoms with E-state index in [1.807, 2.05) is 42.5 Å². The lowest BCUT2D eigenvalue weighted by molar-refractivity contribution is -0.135. The highest BCUT2D eigenvalue weighted by molar-refractivity contribution is 6.27. The highest BCUT2D eigenvalue weighted by Crippen LogP contribution is 2.27. The van der Waals surface area contributed by atoms with Crippen LogP contribution in [0.4, 0.5) is 5.69 Å². The zero-order valence-corrected chi connectivity index (χ0v) is 16.5. The molecule has 0 radical (unpaired) electrons. The van der Waals surface area contributed by atoms with E-state index in [1.54, 1.807) is 19.1 Å². The van der Waals surface area contributed by atoms with Crippen molar-refractivity contribution in [3.63, 3.8) is 0 Å². The Morgan fingerprint density at radius 2 is 1.71 bits per heavy atom. The van der Waals surface area contributed by atoms with E-state index >= 15 is 0 Å². The molecule has 1 aliphatic heterocycles. The second-order valence-corrected chi connectivity index (χ2v) is 7.87. The molecule has 2 N–H and O–H groups in total. The van der Waals surface area contributed by atoms with E-state index in [1.165, 1.54) is 0 Å². The Bertz CT molecular complexity index is 874. The molecule has 3 rings (SSSR count). The SMILES string of the molecule is CC(C)c1ccc(NC(=O)C2C(=O)NC(C)(CCc3ccccc3)C2=O)cc1. The fraction of sp³-hybridized carbons (Fsp3) is 0.348. The minimum absolute atomic E-state index is 0.371. The Hall–Kier alpha value is -2.95. The Labute approximate surface area is 165 Å². The number of aryl methyl sites for hydroxylation is 1. The third-order valence-corrected chi connectivity index (χ3v) is 5.33. The summed E-state index contributed by atoms with van der Waals surface area (Å²) in [7, 11) is 0. The fourth-order valence-corrected chi connectivity index (χ4v) is 3.47. The Balaban J connectivity index is 1.67. The van der Waals surface area contributed by atoms with Crippen molar-refractivity contribution >= 4 is 23.3 Å². The first-order chi connectivity index (χ1) is 13.3. The minimum atomic E-state index is -1.31. The quantitative estimate of drug-likeness (QED) is 0.756. The second kappa shape index (κ2) is 7.97. The van der Waals surface area contributed by atoms with Gasteiger partial charge >= 0.3 is 0 Å². The lowest BCUT2D eigenvalue weighted by atomic mass is 9.87. The molecule has 2 aromatic rings. The topological polar surface area (TPSA) is 75.3 Å². The van der Waals surface area contributed by atoms with Gasteiger partial charge in [0.1, 0.15) is 0 Å². The van der Waals surface area contributed by atoms with Crippen LogP contribution in [0.5, 0.6) is 0 Å². The molecule has 0 spiro atoms. The van der Waals surface area contributed by atoms with E-state index in [2.05, 4.69) is 24.5 Å². The average molecular weight is 378 g/mol. The number of hydrogen-bond acceptors (Lipinski definition) is 3. The van der Waals surface area contributed by atoms with Gasteiger partial charge in [0, 0.05) is 5.69 Å². The number of amides is 2. The number of Topliss-reactive ketones (excluding diaryl/α,β-unsaturated/α-hetero) is 1. The summed E-state index contributed by atoms with van der Waals surface area (Å²) in [6.45, 7) is 5.87. The number of carbonyl (C=O) groups is 3. The van der Waals surface area contributed by atoms with Crippen molar-refractivity contribution < 1.29 is 14.4 Å². The van der Waals surface area contributed by atoms with Gasteiger partial charge in [0.15, 0.2) is 11.7 Å². The number of benzene rings is 2. The Morgan fingerprint density at radius 1 is 1.07 bits per heavy atom. The van der Waals surface area contributed by atoms with Gasteiger partial charge in [-0.25, -0.2) is 0 Å². The molecule has 1 aliphatic rings. The largest absolute Gasteiger partial charge is 0.343 e. The molecule has 0 bridgehead atoms. The van der Waals surface area contributed by atoms with Gasteiger partial charge in [0.25, 0.3) is 0 Å². The average Bonchev–Trinajstić information content (AvgIpc) is 2.90. The molecule has 1 fully saturated rings. The van der Waals surface area contributed by atoms with E-state index in [-0.39, 0.29) is 5.78 Å². The number of nitrogens with one attached hydrogen (secondary N) is 2. The fourth-order valence-electron chi connectivity index (χ4n) is 3.47. The molecule has 0 aromatic heterocycles. The first-order valence-corrected chi connectivity index (χ1v) is 9.61. The maximum atomic E-state index is 12.9. The van der Waals surface area contributed by atoms with Gasteiger partial charge in [-0.15, -0.1) is 0 Å². The molecule has 2 atom stereocenters. The molecular weight excluding hydrogens is 352 g/mol. The van der Waals surface area contributed by atoms with Crippen molar-refractivity contribution in [1.82, 2.24) is 5.32 Å². The normalized spacial score (nSPS) is 21.6. The summed E-state index contributed by atoms with van der Waals surface area (Å²) in [6, 6.07) is 17.2. The van der Waals surface area contributed by atoms with Crippen molar-refractivity contribution in [1.29, 1.82) is 0 Å². The first kappa shape index (κ1) is 19.8. The number of carbonyl (C=O) groups excluding carboxylic acids is 3. The summed E-state index contributed by atoms with van der Waals surface area (Å²) >= 11 is 0. The molecule has 0 aliphatic carbocycles. The summed E-state index contributed by atoms with van der Waals surface area (Å²) in [4.78, 5) is 37.9. The van der Waals surface area contributed by atoms with Gasteiger partial charge in [-0.3, -0.25) is 14.4 Å². The first-order valence-electron chi connectivity index (χ1n) is 9.61. The number of ketones is 1. The molecule has 2 amide bonds. The van der Waals surface area contributed by atoms with Crippen LogP contribution in [-0.4, -0.2) is 23.1 Å². The van der Waals surface area contributed by atoms with Crippen LogP contribution in [0.3, 0.4) is 0 Å². The van der Waals surface area contributed by atoms with Gasteiger partial charge in [-0.1, -0.05) is 56.3 Å². The van der Waals surface area contributed by atoms with Gasteiger partial charge in [0.2, 0.25) is 11.8 Å². The third kappa shape index (κ3) is 4.14. The predicted octanol–water partition coefficient (Wildman–Crippen LogP) is 3.46. The molecule has 0 saturated carbocycles. The molecule has 1 heterocycles. The maximum Gasteiger partial charge on any atom is 0.244 e. The number of anilines is 1. The Kier molecular flexibility index (Phi) is 5.63. The molecule has 5 nitrogen and oxygen atoms in total. The van der Waals surface area contributed by atoms with Crippen molar-refractivity contribution in [2.24, 2.45) is 5.92 Å². The summed E-state index contributed by atoms with van der Waals surface area (Å²) in [5, 5.41) is 5.44. The van der Waals surface area contributed by atoms with Crippen LogP contribution in [0.2, 0.25) is 0 Å². The molecule has 5 heteroatoms. The van der Waals surface area contributed by atoms with E-state index in [0.29, 0.717) is 24.4 Å². The lowest BCUT2D eigenvalue weighted by Crippen LogP contribution is -2.44. The molecule has 146 valence electrons. The molecule has 2 unspecified atom stereocenters. The van der Waals surface area contributed by atoms with E-state index < -0.39 is 23.3 Å². The predicted molar refractivity (Wildman–Crippen MR) is 109 cm³/mol. The molecule has 1 saturated heterocycles. The van der Waals surface area contributed by atoms with Crippen LogP contribution in [0, 0.1) is 5.92 Å².